The predicted octanol–water partition coefficient (Wildman–Crippen LogP) is 2.97. The fourth-order valence-corrected chi connectivity index (χ4v) is 2.58. The van der Waals surface area contributed by atoms with Gasteiger partial charge in [0.1, 0.15) is 5.75 Å². The minimum Gasteiger partial charge on any atom is -0.508 e. The number of nitrogen functional groups attached to an aromatic ring is 1. The van der Waals surface area contributed by atoms with Crippen LogP contribution in [0.2, 0.25) is 0 Å². The fourth-order valence-electron chi connectivity index (χ4n) is 2.58. The SMILES string of the molecule is Nc1ccc(O)c(CN(Cc2ccccn2)Cc2ccccn2)c1. The van der Waals surface area contributed by atoms with Crippen molar-refractivity contribution in [3.05, 3.63) is 83.9 Å². The highest BCUT2D eigenvalue weighted by atomic mass is 16.3. The summed E-state index contributed by atoms with van der Waals surface area (Å²) in [6.45, 7) is 1.88. The van der Waals surface area contributed by atoms with Crippen LogP contribution >= 0.6 is 0 Å². The van der Waals surface area contributed by atoms with E-state index >= 15 is 0 Å². The summed E-state index contributed by atoms with van der Waals surface area (Å²) in [6, 6.07) is 16.9. The highest BCUT2D eigenvalue weighted by molar-refractivity contribution is 5.47. The second kappa shape index (κ2) is 7.57. The van der Waals surface area contributed by atoms with Crippen LogP contribution in [0.1, 0.15) is 17.0 Å². The molecule has 0 fully saturated rings. The third-order valence-electron chi connectivity index (χ3n) is 3.72. The van der Waals surface area contributed by atoms with Gasteiger partial charge in [-0.3, -0.25) is 14.9 Å². The van der Waals surface area contributed by atoms with Crippen LogP contribution in [0.25, 0.3) is 0 Å². The summed E-state index contributed by atoms with van der Waals surface area (Å²) in [7, 11) is 0. The molecule has 0 atom stereocenters. The molecule has 3 rings (SSSR count). The predicted molar refractivity (Wildman–Crippen MR) is 93.9 cm³/mol. The van der Waals surface area contributed by atoms with Crippen molar-refractivity contribution in [1.82, 2.24) is 14.9 Å². The molecule has 0 aliphatic rings. The maximum atomic E-state index is 10.1. The van der Waals surface area contributed by atoms with Gasteiger partial charge in [0.15, 0.2) is 0 Å². The Hall–Kier alpha value is -2.92. The first kappa shape index (κ1) is 16.0. The first-order valence-corrected chi connectivity index (χ1v) is 7.80. The van der Waals surface area contributed by atoms with E-state index in [9.17, 15) is 5.11 Å². The lowest BCUT2D eigenvalue weighted by Crippen LogP contribution is -2.23. The minimum atomic E-state index is 0.247. The summed E-state index contributed by atoms with van der Waals surface area (Å²) >= 11 is 0. The molecule has 122 valence electrons. The van der Waals surface area contributed by atoms with Gasteiger partial charge in [-0.1, -0.05) is 12.1 Å². The van der Waals surface area contributed by atoms with Gasteiger partial charge in [0.2, 0.25) is 0 Å². The molecular weight excluding hydrogens is 300 g/mol. The molecule has 0 spiro atoms. The maximum absolute atomic E-state index is 10.1. The Morgan fingerprint density at radius 3 is 2.00 bits per heavy atom. The van der Waals surface area contributed by atoms with Crippen LogP contribution < -0.4 is 5.73 Å². The lowest BCUT2D eigenvalue weighted by Gasteiger charge is -2.22. The van der Waals surface area contributed by atoms with E-state index in [-0.39, 0.29) is 5.75 Å². The molecule has 0 bridgehead atoms. The number of phenolic OH excluding ortho intramolecular Hbond substituents is 1. The van der Waals surface area contributed by atoms with Crippen molar-refractivity contribution in [2.75, 3.05) is 5.73 Å². The summed E-state index contributed by atoms with van der Waals surface area (Å²) in [5.41, 5.74) is 9.22. The second-order valence-corrected chi connectivity index (χ2v) is 5.68. The Labute approximate surface area is 141 Å². The fraction of sp³-hybridized carbons (Fsp3) is 0.158. The van der Waals surface area contributed by atoms with Crippen LogP contribution in [0.4, 0.5) is 5.69 Å². The zero-order valence-electron chi connectivity index (χ0n) is 13.3. The smallest absolute Gasteiger partial charge is 0.120 e. The van der Waals surface area contributed by atoms with Crippen molar-refractivity contribution < 1.29 is 5.11 Å². The summed E-state index contributed by atoms with van der Waals surface area (Å²) in [6.07, 6.45) is 3.57. The van der Waals surface area contributed by atoms with Crippen LogP contribution in [0.3, 0.4) is 0 Å². The van der Waals surface area contributed by atoms with Gasteiger partial charge < -0.3 is 10.8 Å². The van der Waals surface area contributed by atoms with E-state index in [0.717, 1.165) is 17.0 Å². The number of hydrogen-bond donors (Lipinski definition) is 2. The number of aromatic hydroxyl groups is 1. The first-order chi connectivity index (χ1) is 11.7. The number of aromatic nitrogens is 2. The number of benzene rings is 1. The highest BCUT2D eigenvalue weighted by Gasteiger charge is 2.12. The van der Waals surface area contributed by atoms with Crippen LogP contribution in [-0.4, -0.2) is 20.0 Å². The average Bonchev–Trinajstić information content (AvgIpc) is 2.60. The van der Waals surface area contributed by atoms with Gasteiger partial charge in [-0.25, -0.2) is 0 Å². The van der Waals surface area contributed by atoms with Gasteiger partial charge in [0.05, 0.1) is 11.4 Å². The monoisotopic (exact) mass is 320 g/mol. The van der Waals surface area contributed by atoms with E-state index in [1.807, 2.05) is 36.4 Å². The number of hydrogen-bond acceptors (Lipinski definition) is 5. The lowest BCUT2D eigenvalue weighted by molar-refractivity contribution is 0.238. The molecule has 24 heavy (non-hydrogen) atoms. The topological polar surface area (TPSA) is 75.3 Å². The van der Waals surface area contributed by atoms with E-state index in [1.54, 1.807) is 30.6 Å². The molecule has 2 heterocycles. The highest BCUT2D eigenvalue weighted by Crippen LogP contribution is 2.23. The molecule has 0 saturated heterocycles. The van der Waals surface area contributed by atoms with Crippen LogP contribution in [0.5, 0.6) is 5.75 Å². The molecule has 1 aromatic carbocycles. The van der Waals surface area contributed by atoms with E-state index in [2.05, 4.69) is 14.9 Å². The largest absolute Gasteiger partial charge is 0.508 e. The van der Waals surface area contributed by atoms with Gasteiger partial charge in [0.25, 0.3) is 0 Å². The van der Waals surface area contributed by atoms with Crippen molar-refractivity contribution in [3.8, 4) is 5.75 Å². The quantitative estimate of drug-likeness (QED) is 0.539. The second-order valence-electron chi connectivity index (χ2n) is 5.68. The molecular formula is C19H20N4O. The number of rotatable bonds is 6. The van der Waals surface area contributed by atoms with E-state index < -0.39 is 0 Å². The molecule has 5 heteroatoms. The van der Waals surface area contributed by atoms with Crippen LogP contribution in [0, 0.1) is 0 Å². The molecule has 0 aliphatic carbocycles. The summed E-state index contributed by atoms with van der Waals surface area (Å²) < 4.78 is 0. The Bertz CT molecular complexity index is 736. The third-order valence-corrected chi connectivity index (χ3v) is 3.72. The van der Waals surface area contributed by atoms with Crippen molar-refractivity contribution in [2.45, 2.75) is 19.6 Å². The molecule has 0 radical (unpaired) electrons. The summed E-state index contributed by atoms with van der Waals surface area (Å²) in [5, 5.41) is 10.1. The molecule has 5 nitrogen and oxygen atoms in total. The summed E-state index contributed by atoms with van der Waals surface area (Å²) in [4.78, 5) is 11.0. The van der Waals surface area contributed by atoms with Crippen LogP contribution in [-0.2, 0) is 19.6 Å². The number of nitrogens with zero attached hydrogens (tertiary/aromatic N) is 3. The zero-order valence-corrected chi connectivity index (χ0v) is 13.3. The van der Waals surface area contributed by atoms with Crippen molar-refractivity contribution >= 4 is 5.69 Å². The van der Waals surface area contributed by atoms with Crippen molar-refractivity contribution in [1.29, 1.82) is 0 Å². The van der Waals surface area contributed by atoms with Gasteiger partial charge in [-0.05, 0) is 42.5 Å². The Kier molecular flexibility index (Phi) is 5.03. The number of phenols is 1. The third kappa shape index (κ3) is 4.30. The molecule has 0 aliphatic heterocycles. The molecule has 3 aromatic rings. The Balaban J connectivity index is 1.82. The number of pyridine rings is 2. The Morgan fingerprint density at radius 1 is 0.833 bits per heavy atom. The zero-order chi connectivity index (χ0) is 16.8. The normalized spacial score (nSPS) is 10.9. The Morgan fingerprint density at radius 2 is 1.46 bits per heavy atom. The molecule has 0 amide bonds. The number of anilines is 1. The molecule has 3 N–H and O–H groups in total. The van der Waals surface area contributed by atoms with Crippen molar-refractivity contribution in [2.24, 2.45) is 0 Å². The minimum absolute atomic E-state index is 0.247. The molecule has 2 aromatic heterocycles. The van der Waals surface area contributed by atoms with E-state index in [4.69, 9.17) is 5.73 Å². The standard InChI is InChI=1S/C19H20N4O/c20-16-7-8-19(24)15(11-16)12-23(13-17-5-1-3-9-21-17)14-18-6-2-4-10-22-18/h1-11,24H,12-14,20H2. The van der Waals surface area contributed by atoms with E-state index in [1.165, 1.54) is 0 Å². The van der Waals surface area contributed by atoms with Gasteiger partial charge >= 0.3 is 0 Å². The van der Waals surface area contributed by atoms with Gasteiger partial charge in [0, 0.05) is 43.3 Å². The molecule has 0 unspecified atom stereocenters. The first-order valence-electron chi connectivity index (χ1n) is 7.80. The van der Waals surface area contributed by atoms with Gasteiger partial charge in [-0.2, -0.15) is 0 Å². The molecule has 0 saturated carbocycles. The van der Waals surface area contributed by atoms with Crippen LogP contribution in [0.15, 0.2) is 67.0 Å². The van der Waals surface area contributed by atoms with Crippen molar-refractivity contribution in [3.63, 3.8) is 0 Å². The maximum Gasteiger partial charge on any atom is 0.120 e. The van der Waals surface area contributed by atoms with Gasteiger partial charge in [-0.15, -0.1) is 0 Å². The lowest BCUT2D eigenvalue weighted by atomic mass is 10.1. The van der Waals surface area contributed by atoms with E-state index in [0.29, 0.717) is 25.3 Å². The summed E-state index contributed by atoms with van der Waals surface area (Å²) in [5.74, 6) is 0.247. The number of nitrogens with two attached hydrogens (primary N) is 1. The average molecular weight is 320 g/mol.